The number of morpholine rings is 1. The summed E-state index contributed by atoms with van der Waals surface area (Å²) in [6, 6.07) is 0. The van der Waals surface area contributed by atoms with Crippen LogP contribution < -0.4 is 5.73 Å². The summed E-state index contributed by atoms with van der Waals surface area (Å²) in [5.41, 5.74) is 5.42. The van der Waals surface area contributed by atoms with Crippen LogP contribution in [0.1, 0.15) is 31.2 Å². The summed E-state index contributed by atoms with van der Waals surface area (Å²) < 4.78 is 10.6. The minimum Gasteiger partial charge on any atom is -0.367 e. The van der Waals surface area contributed by atoms with Crippen LogP contribution in [0.15, 0.2) is 4.52 Å². The first-order chi connectivity index (χ1) is 7.83. The summed E-state index contributed by atoms with van der Waals surface area (Å²) in [5.74, 6) is 1.08. The zero-order chi connectivity index (χ0) is 11.4. The Labute approximate surface area is 94.7 Å². The van der Waals surface area contributed by atoms with Gasteiger partial charge in [-0.05, 0) is 13.0 Å². The average molecular weight is 226 g/mol. The molecule has 2 N–H and O–H groups in total. The lowest BCUT2D eigenvalue weighted by atomic mass is 10.2. The molecule has 1 aromatic heterocycles. The molecule has 1 atom stereocenters. The van der Waals surface area contributed by atoms with E-state index < -0.39 is 0 Å². The fraction of sp³-hybridized carbons (Fsp3) is 0.800. The van der Waals surface area contributed by atoms with Crippen LogP contribution in [0, 0.1) is 0 Å². The monoisotopic (exact) mass is 226 g/mol. The highest BCUT2D eigenvalue weighted by Gasteiger charge is 2.25. The van der Waals surface area contributed by atoms with Gasteiger partial charge < -0.3 is 15.0 Å². The van der Waals surface area contributed by atoms with Crippen molar-refractivity contribution in [1.82, 2.24) is 15.0 Å². The molecule has 16 heavy (non-hydrogen) atoms. The number of ether oxygens (including phenoxy) is 1. The van der Waals surface area contributed by atoms with Crippen molar-refractivity contribution >= 4 is 0 Å². The van der Waals surface area contributed by atoms with E-state index in [1.165, 1.54) is 0 Å². The molecule has 0 radical (unpaired) electrons. The molecule has 6 heteroatoms. The Hall–Kier alpha value is -0.980. The fourth-order valence-electron chi connectivity index (χ4n) is 1.86. The molecule has 6 nitrogen and oxygen atoms in total. The second-order valence-electron chi connectivity index (χ2n) is 3.91. The van der Waals surface area contributed by atoms with Crippen LogP contribution in [0.5, 0.6) is 0 Å². The summed E-state index contributed by atoms with van der Waals surface area (Å²) in [6.07, 6.45) is 1.07. The predicted molar refractivity (Wildman–Crippen MR) is 57.6 cm³/mol. The third-order valence-electron chi connectivity index (χ3n) is 2.64. The van der Waals surface area contributed by atoms with Gasteiger partial charge in [-0.3, -0.25) is 4.90 Å². The van der Waals surface area contributed by atoms with Crippen LogP contribution in [0.4, 0.5) is 0 Å². The van der Waals surface area contributed by atoms with Gasteiger partial charge in [0.05, 0.1) is 13.2 Å². The largest absolute Gasteiger partial charge is 0.367 e. The molecule has 90 valence electrons. The van der Waals surface area contributed by atoms with Gasteiger partial charge in [0.25, 0.3) is 0 Å². The van der Waals surface area contributed by atoms with Crippen LogP contribution >= 0.6 is 0 Å². The smallest absolute Gasteiger partial charge is 0.240 e. The Kier molecular flexibility index (Phi) is 3.87. The minimum atomic E-state index is -0.0793. The summed E-state index contributed by atoms with van der Waals surface area (Å²) in [6.45, 7) is 6.06. The van der Waals surface area contributed by atoms with Gasteiger partial charge in [0, 0.05) is 13.1 Å². The SMILES string of the molecule is CCCN1CCOC(c2noc(CN)n2)C1. The van der Waals surface area contributed by atoms with Gasteiger partial charge in [-0.15, -0.1) is 0 Å². The van der Waals surface area contributed by atoms with Crippen molar-refractivity contribution in [2.75, 3.05) is 26.2 Å². The number of hydrogen-bond donors (Lipinski definition) is 1. The third kappa shape index (κ3) is 2.58. The molecule has 1 saturated heterocycles. The predicted octanol–water partition coefficient (Wildman–Crippen LogP) is 0.312. The van der Waals surface area contributed by atoms with Crippen molar-refractivity contribution in [1.29, 1.82) is 0 Å². The Morgan fingerprint density at radius 3 is 3.12 bits per heavy atom. The van der Waals surface area contributed by atoms with E-state index in [2.05, 4.69) is 22.0 Å². The quantitative estimate of drug-likeness (QED) is 0.796. The van der Waals surface area contributed by atoms with E-state index in [0.29, 0.717) is 11.7 Å². The van der Waals surface area contributed by atoms with Gasteiger partial charge in [0.15, 0.2) is 0 Å². The summed E-state index contributed by atoms with van der Waals surface area (Å²) in [7, 11) is 0. The summed E-state index contributed by atoms with van der Waals surface area (Å²) in [5, 5.41) is 3.89. The van der Waals surface area contributed by atoms with Crippen LogP contribution in [0.2, 0.25) is 0 Å². The van der Waals surface area contributed by atoms with E-state index >= 15 is 0 Å². The number of nitrogens with zero attached hydrogens (tertiary/aromatic N) is 3. The second-order valence-corrected chi connectivity index (χ2v) is 3.91. The minimum absolute atomic E-state index is 0.0793. The molecule has 0 aromatic carbocycles. The van der Waals surface area contributed by atoms with Gasteiger partial charge in [-0.2, -0.15) is 4.98 Å². The molecule has 1 aliphatic rings. The number of rotatable bonds is 4. The zero-order valence-electron chi connectivity index (χ0n) is 9.56. The first kappa shape index (κ1) is 11.5. The number of aromatic nitrogens is 2. The van der Waals surface area contributed by atoms with Gasteiger partial charge in [0.2, 0.25) is 11.7 Å². The highest BCUT2D eigenvalue weighted by molar-refractivity contribution is 4.93. The summed E-state index contributed by atoms with van der Waals surface area (Å²) in [4.78, 5) is 6.55. The maximum absolute atomic E-state index is 5.63. The summed E-state index contributed by atoms with van der Waals surface area (Å²) >= 11 is 0. The van der Waals surface area contributed by atoms with Crippen LogP contribution in [0.25, 0.3) is 0 Å². The van der Waals surface area contributed by atoms with Gasteiger partial charge in [-0.1, -0.05) is 12.1 Å². The molecular weight excluding hydrogens is 208 g/mol. The highest BCUT2D eigenvalue weighted by atomic mass is 16.5. The van der Waals surface area contributed by atoms with E-state index in [4.69, 9.17) is 15.0 Å². The van der Waals surface area contributed by atoms with E-state index in [-0.39, 0.29) is 12.6 Å². The molecule has 1 aromatic rings. The molecule has 1 fully saturated rings. The van der Waals surface area contributed by atoms with E-state index in [1.54, 1.807) is 0 Å². The molecule has 0 saturated carbocycles. The van der Waals surface area contributed by atoms with E-state index in [9.17, 15) is 0 Å². The number of hydrogen-bond acceptors (Lipinski definition) is 6. The van der Waals surface area contributed by atoms with Crippen LogP contribution in [-0.2, 0) is 11.3 Å². The van der Waals surface area contributed by atoms with Gasteiger partial charge >= 0.3 is 0 Å². The maximum Gasteiger partial charge on any atom is 0.240 e. The first-order valence-corrected chi connectivity index (χ1v) is 5.70. The van der Waals surface area contributed by atoms with Crippen molar-refractivity contribution in [3.63, 3.8) is 0 Å². The first-order valence-electron chi connectivity index (χ1n) is 5.70. The second kappa shape index (κ2) is 5.38. The van der Waals surface area contributed by atoms with Gasteiger partial charge in [-0.25, -0.2) is 0 Å². The van der Waals surface area contributed by atoms with E-state index in [1.807, 2.05) is 0 Å². The Balaban J connectivity index is 1.98. The lowest BCUT2D eigenvalue weighted by Gasteiger charge is -2.30. The van der Waals surface area contributed by atoms with Crippen molar-refractivity contribution in [2.45, 2.75) is 26.0 Å². The average Bonchev–Trinajstić information content (AvgIpc) is 2.78. The molecule has 0 bridgehead atoms. The topological polar surface area (TPSA) is 77.4 Å². The van der Waals surface area contributed by atoms with Crippen LogP contribution in [-0.4, -0.2) is 41.3 Å². The van der Waals surface area contributed by atoms with E-state index in [0.717, 1.165) is 32.7 Å². The Morgan fingerprint density at radius 1 is 1.56 bits per heavy atom. The lowest BCUT2D eigenvalue weighted by Crippen LogP contribution is -2.39. The molecule has 0 amide bonds. The molecule has 0 spiro atoms. The molecule has 0 aliphatic carbocycles. The van der Waals surface area contributed by atoms with Crippen molar-refractivity contribution in [3.8, 4) is 0 Å². The number of nitrogens with two attached hydrogens (primary N) is 1. The lowest BCUT2D eigenvalue weighted by molar-refractivity contribution is -0.0350. The molecule has 2 heterocycles. The van der Waals surface area contributed by atoms with Crippen molar-refractivity contribution < 1.29 is 9.26 Å². The van der Waals surface area contributed by atoms with Crippen molar-refractivity contribution in [2.24, 2.45) is 5.73 Å². The fourth-order valence-corrected chi connectivity index (χ4v) is 1.86. The van der Waals surface area contributed by atoms with Crippen LogP contribution in [0.3, 0.4) is 0 Å². The Morgan fingerprint density at radius 2 is 2.44 bits per heavy atom. The molecule has 1 unspecified atom stereocenters. The molecule has 2 rings (SSSR count). The van der Waals surface area contributed by atoms with Gasteiger partial charge in [0.1, 0.15) is 6.10 Å². The maximum atomic E-state index is 5.63. The molecular formula is C10H18N4O2. The molecule has 1 aliphatic heterocycles. The zero-order valence-corrected chi connectivity index (χ0v) is 9.56. The Bertz CT molecular complexity index is 326. The third-order valence-corrected chi connectivity index (χ3v) is 2.64. The standard InChI is InChI=1S/C10H18N4O2/c1-2-3-14-4-5-15-8(7-14)10-12-9(6-11)16-13-10/h8H,2-7,11H2,1H3. The normalized spacial score (nSPS) is 22.5. The van der Waals surface area contributed by atoms with Crippen molar-refractivity contribution in [3.05, 3.63) is 11.7 Å². The highest BCUT2D eigenvalue weighted by Crippen LogP contribution is 2.19.